The summed E-state index contributed by atoms with van der Waals surface area (Å²) < 4.78 is 0. The molecule has 0 aliphatic carbocycles. The zero-order valence-electron chi connectivity index (χ0n) is 52.5. The molecule has 2 nitrogen and oxygen atoms in total. The van der Waals surface area contributed by atoms with Crippen molar-refractivity contribution in [1.82, 2.24) is 0 Å². The number of hydrogen-bond acceptors (Lipinski definition) is 2. The highest BCUT2D eigenvalue weighted by Crippen LogP contribution is 2.45. The first kappa shape index (κ1) is 55.1. The van der Waals surface area contributed by atoms with Gasteiger partial charge in [0.15, 0.2) is 0 Å². The van der Waals surface area contributed by atoms with Gasteiger partial charge in [-0.2, -0.15) is 0 Å². The lowest BCUT2D eigenvalue weighted by molar-refractivity contribution is 1.29. The predicted octanol–water partition coefficient (Wildman–Crippen LogP) is 26.8. The molecule has 2 heteroatoms. The van der Waals surface area contributed by atoms with Crippen LogP contribution in [0.4, 0.5) is 34.1 Å². The van der Waals surface area contributed by atoms with Gasteiger partial charge in [0.25, 0.3) is 0 Å². The quantitative estimate of drug-likeness (QED) is 0.126. The van der Waals surface area contributed by atoms with Gasteiger partial charge in [-0.1, -0.05) is 273 Å². The highest BCUT2D eigenvalue weighted by atomic mass is 15.1. The van der Waals surface area contributed by atoms with E-state index < -0.39 is 0 Å². The molecule has 0 aliphatic heterocycles. The molecule has 446 valence electrons. The maximum atomic E-state index is 2.41. The van der Waals surface area contributed by atoms with E-state index in [1.807, 2.05) is 0 Å². The van der Waals surface area contributed by atoms with Crippen LogP contribution in [-0.4, -0.2) is 0 Å². The van der Waals surface area contributed by atoms with E-state index in [2.05, 4.69) is 374 Å². The second-order valence-corrected chi connectivity index (χ2v) is 25.5. The van der Waals surface area contributed by atoms with Gasteiger partial charge < -0.3 is 9.80 Å². The van der Waals surface area contributed by atoms with Crippen molar-refractivity contribution in [2.75, 3.05) is 9.80 Å². The third-order valence-electron chi connectivity index (χ3n) is 20.1. The molecule has 0 aliphatic rings. The largest absolute Gasteiger partial charge is 0.310 e. The number of anilines is 6. The molecule has 0 unspecified atom stereocenters. The molecule has 0 atom stereocenters. The van der Waals surface area contributed by atoms with Gasteiger partial charge in [-0.3, -0.25) is 0 Å². The number of benzene rings is 19. The Balaban J connectivity index is 0.682. The van der Waals surface area contributed by atoms with Crippen LogP contribution in [0.5, 0.6) is 0 Å². The average molecular weight is 1220 g/mol. The molecule has 0 N–H and O–H groups in total. The maximum absolute atomic E-state index is 2.41. The molecule has 19 aromatic carbocycles. The molecule has 0 heterocycles. The summed E-state index contributed by atoms with van der Waals surface area (Å²) in [7, 11) is 0. The second kappa shape index (κ2) is 22.6. The highest BCUT2D eigenvalue weighted by Gasteiger charge is 2.20. The molecular weight excluding hydrogens is 1160 g/mol. The summed E-state index contributed by atoms with van der Waals surface area (Å²) in [6.45, 7) is 0. The standard InChI is InChI=1S/C94H60N2/c1-2-15-61(16-3-1)67-20-14-21-76(55-67)96(75-45-35-66(36-46-75)94-60-70-19-6-9-24-81(70)85-26-11-13-28-87(85)94)78-48-54-83-72(57-78)40-52-91-90(83)50-38-64-29-30-68(58-92(64)91)62-31-41-73(42-32-62)95(77-47-53-82-71(56-77)39-51-88-79-22-7-4-17-63(79)37-49-89(82)88)74-43-33-65(34-44-74)93-59-69-18-5-8-23-80(69)84-25-10-12-27-86(84)93/h1-60H. The summed E-state index contributed by atoms with van der Waals surface area (Å²) in [6.07, 6.45) is 0. The molecule has 0 fully saturated rings. The minimum absolute atomic E-state index is 1.08. The number of rotatable bonds is 10. The summed E-state index contributed by atoms with van der Waals surface area (Å²) >= 11 is 0. The number of hydrogen-bond donors (Lipinski definition) is 0. The van der Waals surface area contributed by atoms with Crippen LogP contribution >= 0.6 is 0 Å². The monoisotopic (exact) mass is 1220 g/mol. The number of nitrogens with zero attached hydrogens (tertiary/aromatic N) is 2. The van der Waals surface area contributed by atoms with Gasteiger partial charge in [0, 0.05) is 34.1 Å². The second-order valence-electron chi connectivity index (χ2n) is 25.5. The zero-order valence-corrected chi connectivity index (χ0v) is 52.5. The SMILES string of the molecule is c1ccc(-c2cccc(N(c3ccc(-c4cc5ccccc5c5ccccc45)cc3)c3ccc4c(ccc5c6cc(-c7ccc(N(c8ccc(-c9cc%10ccccc%10c%10ccccc9%10)cc8)c8ccc9c(ccc%10c%11ccccc%11ccc9%10)c8)cc7)ccc6ccc45)c3)c2)cc1. The van der Waals surface area contributed by atoms with Crippen LogP contribution in [0.15, 0.2) is 364 Å². The van der Waals surface area contributed by atoms with Gasteiger partial charge in [-0.05, 0) is 243 Å². The molecule has 0 saturated heterocycles. The van der Waals surface area contributed by atoms with Crippen molar-refractivity contribution < 1.29 is 0 Å². The van der Waals surface area contributed by atoms with Crippen molar-refractivity contribution in [3.63, 3.8) is 0 Å². The first-order chi connectivity index (χ1) is 47.6. The lowest BCUT2D eigenvalue weighted by atomic mass is 9.93. The molecule has 0 radical (unpaired) electrons. The first-order valence-electron chi connectivity index (χ1n) is 33.2. The van der Waals surface area contributed by atoms with Crippen LogP contribution in [0.25, 0.3) is 152 Å². The van der Waals surface area contributed by atoms with Crippen LogP contribution in [0.2, 0.25) is 0 Å². The fraction of sp³-hybridized carbons (Fsp3) is 0. The summed E-state index contributed by atoms with van der Waals surface area (Å²) in [5.74, 6) is 0. The van der Waals surface area contributed by atoms with Crippen LogP contribution in [0.1, 0.15) is 0 Å². The molecule has 0 spiro atoms. The topological polar surface area (TPSA) is 6.48 Å². The summed E-state index contributed by atoms with van der Waals surface area (Å²) in [6, 6.07) is 135. The number of fused-ring (bicyclic) bond motifs is 16. The van der Waals surface area contributed by atoms with Crippen molar-refractivity contribution in [2.24, 2.45) is 0 Å². The van der Waals surface area contributed by atoms with Gasteiger partial charge in [-0.15, -0.1) is 0 Å². The van der Waals surface area contributed by atoms with Gasteiger partial charge in [0.1, 0.15) is 0 Å². The van der Waals surface area contributed by atoms with E-state index in [0.29, 0.717) is 0 Å². The Kier molecular flexibility index (Phi) is 13.0. The first-order valence-corrected chi connectivity index (χ1v) is 33.2. The highest BCUT2D eigenvalue weighted by molar-refractivity contribution is 6.20. The van der Waals surface area contributed by atoms with Crippen LogP contribution in [0, 0.1) is 0 Å². The van der Waals surface area contributed by atoms with E-state index >= 15 is 0 Å². The molecule has 0 aromatic heterocycles. The van der Waals surface area contributed by atoms with E-state index in [-0.39, 0.29) is 0 Å². The van der Waals surface area contributed by atoms with Crippen molar-refractivity contribution >= 4 is 142 Å². The summed E-state index contributed by atoms with van der Waals surface area (Å²) in [4.78, 5) is 4.82. The lowest BCUT2D eigenvalue weighted by Gasteiger charge is -2.27. The fourth-order valence-electron chi connectivity index (χ4n) is 15.5. The Labute approximate surface area is 556 Å². The predicted molar refractivity (Wildman–Crippen MR) is 413 cm³/mol. The van der Waals surface area contributed by atoms with Crippen molar-refractivity contribution in [2.45, 2.75) is 0 Å². The fourth-order valence-corrected chi connectivity index (χ4v) is 15.5. The zero-order chi connectivity index (χ0) is 63.2. The van der Waals surface area contributed by atoms with E-state index in [4.69, 9.17) is 0 Å². The maximum Gasteiger partial charge on any atom is 0.0468 e. The molecular formula is C94H60N2. The van der Waals surface area contributed by atoms with Gasteiger partial charge in [0.05, 0.1) is 0 Å². The van der Waals surface area contributed by atoms with Crippen molar-refractivity contribution in [1.29, 1.82) is 0 Å². The van der Waals surface area contributed by atoms with E-state index in [0.717, 1.165) is 39.7 Å². The normalized spacial score (nSPS) is 11.8. The van der Waals surface area contributed by atoms with Crippen LogP contribution in [0.3, 0.4) is 0 Å². The Morgan fingerprint density at radius 3 is 0.938 bits per heavy atom. The van der Waals surface area contributed by atoms with Crippen LogP contribution in [-0.2, 0) is 0 Å². The van der Waals surface area contributed by atoms with E-state index in [1.54, 1.807) is 0 Å². The van der Waals surface area contributed by atoms with Gasteiger partial charge >= 0.3 is 0 Å². The molecule has 96 heavy (non-hydrogen) atoms. The average Bonchev–Trinajstić information content (AvgIpc) is 0.798. The molecule has 19 aromatic rings. The minimum atomic E-state index is 1.08. The van der Waals surface area contributed by atoms with E-state index in [1.165, 1.54) is 147 Å². The molecule has 0 saturated carbocycles. The third kappa shape index (κ3) is 9.33. The Hall–Kier alpha value is -12.6. The van der Waals surface area contributed by atoms with Crippen molar-refractivity contribution in [3.05, 3.63) is 364 Å². The van der Waals surface area contributed by atoms with E-state index in [9.17, 15) is 0 Å². The lowest BCUT2D eigenvalue weighted by Crippen LogP contribution is -2.10. The van der Waals surface area contributed by atoms with Gasteiger partial charge in [0.2, 0.25) is 0 Å². The summed E-state index contributed by atoms with van der Waals surface area (Å²) in [5.41, 5.74) is 16.1. The minimum Gasteiger partial charge on any atom is -0.310 e. The Morgan fingerprint density at radius 2 is 0.417 bits per heavy atom. The Morgan fingerprint density at radius 1 is 0.125 bits per heavy atom. The van der Waals surface area contributed by atoms with Crippen LogP contribution < -0.4 is 9.80 Å². The Bertz CT molecular complexity index is 6310. The summed E-state index contributed by atoms with van der Waals surface area (Å²) in [5, 5.41) is 24.9. The molecule has 0 bridgehead atoms. The smallest absolute Gasteiger partial charge is 0.0468 e. The van der Waals surface area contributed by atoms with Gasteiger partial charge in [-0.25, -0.2) is 0 Å². The molecule has 19 rings (SSSR count). The molecule has 0 amide bonds. The third-order valence-corrected chi connectivity index (χ3v) is 20.1. The van der Waals surface area contributed by atoms with Crippen molar-refractivity contribution in [3.8, 4) is 44.5 Å².